The van der Waals surface area contributed by atoms with Crippen LogP contribution in [0.25, 0.3) is 22.5 Å². The Hall–Kier alpha value is -6.15. The zero-order valence-electron chi connectivity index (χ0n) is 31.3. The molecule has 0 atom stereocenters. The van der Waals surface area contributed by atoms with Crippen LogP contribution in [0.5, 0.6) is 23.3 Å². The van der Waals surface area contributed by atoms with Crippen LogP contribution in [0.1, 0.15) is 78.5 Å². The summed E-state index contributed by atoms with van der Waals surface area (Å²) in [5, 5.41) is 17.7. The van der Waals surface area contributed by atoms with Gasteiger partial charge in [0.2, 0.25) is 11.8 Å². The summed E-state index contributed by atoms with van der Waals surface area (Å²) in [6, 6.07) is 11.5. The number of hydrogen-bond donors (Lipinski definition) is 1. The number of hydrogen-bond acceptors (Lipinski definition) is 12. The molecule has 54 heavy (non-hydrogen) atoms. The number of aromatic nitrogens is 8. The van der Waals surface area contributed by atoms with Crippen molar-refractivity contribution in [1.29, 1.82) is 0 Å². The number of pyridine rings is 4. The van der Waals surface area contributed by atoms with E-state index in [0.29, 0.717) is 35.4 Å². The maximum atomic E-state index is 11.3. The van der Waals surface area contributed by atoms with Gasteiger partial charge in [-0.3, -0.25) is 28.9 Å². The van der Waals surface area contributed by atoms with Crippen LogP contribution in [0.15, 0.2) is 86.0 Å². The number of aromatic hydroxyl groups is 1. The Morgan fingerprint density at radius 2 is 1.20 bits per heavy atom. The molecule has 15 heteroatoms. The molecule has 6 aromatic heterocycles. The molecule has 0 radical (unpaired) electrons. The topological polar surface area (TPSA) is 169 Å². The molecule has 0 unspecified atom stereocenters. The number of carbonyl (C=O) groups is 2. The molecule has 0 aliphatic rings. The second kappa shape index (κ2) is 20.8. The second-order valence-electron chi connectivity index (χ2n) is 12.0. The number of halogens is 1. The molecule has 1 N–H and O–H groups in total. The third-order valence-electron chi connectivity index (χ3n) is 7.89. The number of aryl methyl sites for hydroxylation is 1. The first-order valence-electron chi connectivity index (χ1n) is 16.9. The lowest BCUT2D eigenvalue weighted by atomic mass is 10.1. The summed E-state index contributed by atoms with van der Waals surface area (Å²) in [5.41, 5.74) is 7.07. The number of aldehydes is 2. The fourth-order valence-electron chi connectivity index (χ4n) is 5.19. The number of carbonyl (C=O) groups excluding carboxylic acids is 2. The SMILES string of the molecule is CCc1ccncc1-c1ccnn1C(C)C.COc1cc(C=O)c(O)cn1.COc1cc(C=O)c(OCc2ccncc2-c2ccnn2C(C)C)cn1.Cl. The molecular weight excluding hydrogens is 712 g/mol. The van der Waals surface area contributed by atoms with Gasteiger partial charge in [0.25, 0.3) is 0 Å². The average Bonchev–Trinajstić information content (AvgIpc) is 3.89. The third kappa shape index (κ3) is 10.7. The molecule has 6 aromatic rings. The maximum absolute atomic E-state index is 11.3. The number of methoxy groups -OCH3 is 2. The van der Waals surface area contributed by atoms with Gasteiger partial charge in [-0.25, -0.2) is 9.97 Å². The van der Waals surface area contributed by atoms with Crippen molar-refractivity contribution in [3.8, 4) is 45.8 Å². The van der Waals surface area contributed by atoms with Crippen LogP contribution in [-0.4, -0.2) is 71.4 Å². The van der Waals surface area contributed by atoms with Gasteiger partial charge in [0, 0.05) is 78.1 Å². The zero-order valence-corrected chi connectivity index (χ0v) is 32.1. The first kappa shape index (κ1) is 42.3. The molecule has 6 rings (SSSR count). The first-order chi connectivity index (χ1) is 25.6. The van der Waals surface area contributed by atoms with Crippen molar-refractivity contribution in [3.63, 3.8) is 0 Å². The highest BCUT2D eigenvalue weighted by Gasteiger charge is 2.15. The predicted octanol–water partition coefficient (Wildman–Crippen LogP) is 7.44. The van der Waals surface area contributed by atoms with Gasteiger partial charge in [0.1, 0.15) is 18.1 Å². The molecule has 284 valence electrons. The summed E-state index contributed by atoms with van der Waals surface area (Å²) in [7, 11) is 2.94. The van der Waals surface area contributed by atoms with E-state index in [1.165, 1.54) is 43.8 Å². The molecule has 0 fully saturated rings. The highest BCUT2D eigenvalue weighted by atomic mass is 35.5. The highest BCUT2D eigenvalue weighted by Crippen LogP contribution is 2.28. The highest BCUT2D eigenvalue weighted by molar-refractivity contribution is 5.85. The summed E-state index contributed by atoms with van der Waals surface area (Å²) < 4.78 is 19.6. The Bertz CT molecular complexity index is 2100. The molecule has 0 bridgehead atoms. The van der Waals surface area contributed by atoms with Gasteiger partial charge in [0.15, 0.2) is 12.6 Å². The largest absolute Gasteiger partial charge is 0.506 e. The Labute approximate surface area is 320 Å². The van der Waals surface area contributed by atoms with E-state index >= 15 is 0 Å². The Balaban J connectivity index is 0.000000238. The molecule has 0 saturated carbocycles. The van der Waals surface area contributed by atoms with E-state index in [1.807, 2.05) is 40.1 Å². The lowest BCUT2D eigenvalue weighted by Gasteiger charge is -2.15. The minimum absolute atomic E-state index is 0. The van der Waals surface area contributed by atoms with Crippen molar-refractivity contribution in [3.05, 3.63) is 108 Å². The quantitative estimate of drug-likeness (QED) is 0.123. The standard InChI is InChI=1S/C19H20N4O3.C13H17N3.C7H7NO3.ClH/c1-13(2)23-17(5-7-22-23)16-9-20-6-4-14(16)12-26-18-10-21-19(25-3)8-15(18)11-24;1-4-11-5-7-14-9-12(11)13-6-8-15-16(13)10(2)3;1-11-7-2-5(4-9)6(10)3-8-7;/h4-11,13H,12H2,1-3H3;5-10H,4H2,1-3H3;2-4,10H,1H3;1H. The molecule has 0 amide bonds. The van der Waals surface area contributed by atoms with Crippen molar-refractivity contribution >= 4 is 25.0 Å². The molecular formula is C39H45ClN8O6. The van der Waals surface area contributed by atoms with Crippen molar-refractivity contribution in [2.45, 2.75) is 59.7 Å². The van der Waals surface area contributed by atoms with E-state index in [0.717, 1.165) is 35.2 Å². The van der Waals surface area contributed by atoms with E-state index in [4.69, 9.17) is 19.3 Å². The summed E-state index contributed by atoms with van der Waals surface area (Å²) in [5.74, 6) is 0.941. The summed E-state index contributed by atoms with van der Waals surface area (Å²) in [4.78, 5) is 37.8. The van der Waals surface area contributed by atoms with Crippen LogP contribution < -0.4 is 14.2 Å². The first-order valence-corrected chi connectivity index (χ1v) is 16.9. The van der Waals surface area contributed by atoms with Gasteiger partial charge < -0.3 is 19.3 Å². The van der Waals surface area contributed by atoms with Crippen LogP contribution in [0.4, 0.5) is 0 Å². The zero-order chi connectivity index (χ0) is 38.3. The predicted molar refractivity (Wildman–Crippen MR) is 207 cm³/mol. The maximum Gasteiger partial charge on any atom is 0.213 e. The molecule has 0 aliphatic heterocycles. The third-order valence-corrected chi connectivity index (χ3v) is 7.89. The lowest BCUT2D eigenvalue weighted by Crippen LogP contribution is -2.07. The van der Waals surface area contributed by atoms with Gasteiger partial charge in [-0.05, 0) is 63.9 Å². The van der Waals surface area contributed by atoms with Gasteiger partial charge >= 0.3 is 0 Å². The van der Waals surface area contributed by atoms with E-state index in [1.54, 1.807) is 24.7 Å². The van der Waals surface area contributed by atoms with Crippen LogP contribution in [0.2, 0.25) is 0 Å². The summed E-state index contributed by atoms with van der Waals surface area (Å²) >= 11 is 0. The second-order valence-corrected chi connectivity index (χ2v) is 12.0. The summed E-state index contributed by atoms with van der Waals surface area (Å²) in [6.07, 6.45) is 15.8. The molecule has 0 aromatic carbocycles. The van der Waals surface area contributed by atoms with E-state index < -0.39 is 0 Å². The van der Waals surface area contributed by atoms with Crippen LogP contribution in [0, 0.1) is 0 Å². The van der Waals surface area contributed by atoms with E-state index in [-0.39, 0.29) is 36.4 Å². The van der Waals surface area contributed by atoms with E-state index in [2.05, 4.69) is 76.9 Å². The minimum atomic E-state index is -0.138. The van der Waals surface area contributed by atoms with Crippen molar-refractivity contribution < 1.29 is 28.9 Å². The molecule has 0 aliphatic carbocycles. The Kier molecular flexibility index (Phi) is 16.3. The fourth-order valence-corrected chi connectivity index (χ4v) is 5.19. The number of rotatable bonds is 12. The van der Waals surface area contributed by atoms with Crippen LogP contribution in [-0.2, 0) is 13.0 Å². The lowest BCUT2D eigenvalue weighted by molar-refractivity contribution is 0.111. The number of nitrogens with zero attached hydrogens (tertiary/aromatic N) is 8. The van der Waals surface area contributed by atoms with Gasteiger partial charge in [-0.15, -0.1) is 12.4 Å². The average molecular weight is 757 g/mol. The van der Waals surface area contributed by atoms with Gasteiger partial charge in [-0.2, -0.15) is 10.2 Å². The van der Waals surface area contributed by atoms with Crippen LogP contribution in [0.3, 0.4) is 0 Å². The fraction of sp³-hybridized carbons (Fsp3) is 0.282. The van der Waals surface area contributed by atoms with Gasteiger partial charge in [-0.1, -0.05) is 6.92 Å². The smallest absolute Gasteiger partial charge is 0.213 e. The van der Waals surface area contributed by atoms with Crippen molar-refractivity contribution in [2.24, 2.45) is 0 Å². The number of ether oxygens (including phenoxy) is 3. The summed E-state index contributed by atoms with van der Waals surface area (Å²) in [6.45, 7) is 10.9. The molecule has 0 saturated heterocycles. The molecule has 6 heterocycles. The van der Waals surface area contributed by atoms with E-state index in [9.17, 15) is 9.59 Å². The molecule has 0 spiro atoms. The van der Waals surface area contributed by atoms with Crippen LogP contribution >= 0.6 is 12.4 Å². The Morgan fingerprint density at radius 1 is 0.704 bits per heavy atom. The minimum Gasteiger partial charge on any atom is -0.506 e. The Morgan fingerprint density at radius 3 is 1.70 bits per heavy atom. The monoisotopic (exact) mass is 756 g/mol. The van der Waals surface area contributed by atoms with Crippen molar-refractivity contribution in [1.82, 2.24) is 39.5 Å². The molecule has 14 nitrogen and oxygen atoms in total. The normalized spacial score (nSPS) is 10.3. The van der Waals surface area contributed by atoms with Gasteiger partial charge in [0.05, 0.1) is 49.1 Å². The van der Waals surface area contributed by atoms with Crippen molar-refractivity contribution in [2.75, 3.05) is 14.2 Å².